The van der Waals surface area contributed by atoms with Crippen molar-refractivity contribution in [2.24, 2.45) is 0 Å². The van der Waals surface area contributed by atoms with Gasteiger partial charge in [0.2, 0.25) is 0 Å². The molecule has 19 heavy (non-hydrogen) atoms. The molecule has 3 N–H and O–H groups in total. The second kappa shape index (κ2) is 5.54. The van der Waals surface area contributed by atoms with Gasteiger partial charge < -0.3 is 10.1 Å². The van der Waals surface area contributed by atoms with Crippen LogP contribution in [0.3, 0.4) is 0 Å². The molecule has 1 heterocycles. The standard InChI is InChI=1S/C11H10BrClN2O3S/c12-10-2-1-7(4-11(10)13)15-19(17,18)9-3-8(6-16)14-5-9/h1-5,14-16H,6H2. The zero-order valence-electron chi connectivity index (χ0n) is 9.52. The lowest BCUT2D eigenvalue weighted by molar-refractivity contribution is 0.277. The van der Waals surface area contributed by atoms with Crippen LogP contribution in [-0.2, 0) is 16.6 Å². The minimum absolute atomic E-state index is 0.0515. The van der Waals surface area contributed by atoms with E-state index in [9.17, 15) is 8.42 Å². The van der Waals surface area contributed by atoms with Gasteiger partial charge in [0.05, 0.1) is 17.3 Å². The number of hydrogen-bond donors (Lipinski definition) is 3. The minimum atomic E-state index is -3.70. The first-order chi connectivity index (χ1) is 8.92. The van der Waals surface area contributed by atoms with Gasteiger partial charge in [-0.25, -0.2) is 8.42 Å². The molecule has 0 radical (unpaired) electrons. The van der Waals surface area contributed by atoms with E-state index in [0.717, 1.165) is 0 Å². The molecule has 0 aliphatic rings. The van der Waals surface area contributed by atoms with Crippen LogP contribution in [0.4, 0.5) is 5.69 Å². The monoisotopic (exact) mass is 364 g/mol. The molecule has 0 atom stereocenters. The van der Waals surface area contributed by atoms with Gasteiger partial charge >= 0.3 is 0 Å². The Kier molecular flexibility index (Phi) is 4.19. The number of nitrogens with one attached hydrogen (secondary N) is 2. The molecule has 1 aromatic heterocycles. The number of aromatic nitrogens is 1. The topological polar surface area (TPSA) is 82.2 Å². The predicted molar refractivity (Wildman–Crippen MR) is 76.7 cm³/mol. The highest BCUT2D eigenvalue weighted by atomic mass is 79.9. The zero-order valence-corrected chi connectivity index (χ0v) is 12.7. The fraction of sp³-hybridized carbons (Fsp3) is 0.0909. The number of aliphatic hydroxyl groups is 1. The quantitative estimate of drug-likeness (QED) is 0.779. The van der Waals surface area contributed by atoms with E-state index in [2.05, 4.69) is 25.6 Å². The van der Waals surface area contributed by atoms with E-state index >= 15 is 0 Å². The second-order valence-electron chi connectivity index (χ2n) is 3.75. The maximum atomic E-state index is 12.1. The number of halogens is 2. The van der Waals surface area contributed by atoms with Crippen LogP contribution < -0.4 is 4.72 Å². The number of aliphatic hydroxyl groups excluding tert-OH is 1. The molecule has 0 aliphatic heterocycles. The van der Waals surface area contributed by atoms with Gasteiger partial charge in [0.1, 0.15) is 4.90 Å². The van der Waals surface area contributed by atoms with E-state index in [1.807, 2.05) is 0 Å². The number of H-pyrrole nitrogens is 1. The number of hydrogen-bond acceptors (Lipinski definition) is 3. The molecule has 1 aromatic carbocycles. The van der Waals surface area contributed by atoms with Crippen molar-refractivity contribution in [3.05, 3.63) is 45.7 Å². The number of sulfonamides is 1. The summed E-state index contributed by atoms with van der Waals surface area (Å²) in [6.45, 7) is -0.250. The molecule has 0 spiro atoms. The largest absolute Gasteiger partial charge is 0.390 e. The first kappa shape index (κ1) is 14.4. The highest BCUT2D eigenvalue weighted by Crippen LogP contribution is 2.27. The Morgan fingerprint density at radius 3 is 2.68 bits per heavy atom. The maximum absolute atomic E-state index is 12.1. The Morgan fingerprint density at radius 1 is 1.37 bits per heavy atom. The van der Waals surface area contributed by atoms with Gasteiger partial charge in [-0.3, -0.25) is 4.72 Å². The number of rotatable bonds is 4. The van der Waals surface area contributed by atoms with Gasteiger partial charge in [-0.2, -0.15) is 0 Å². The fourth-order valence-electron chi connectivity index (χ4n) is 1.44. The van der Waals surface area contributed by atoms with E-state index in [0.29, 0.717) is 20.9 Å². The van der Waals surface area contributed by atoms with E-state index in [1.54, 1.807) is 12.1 Å². The van der Waals surface area contributed by atoms with Gasteiger partial charge in [0.15, 0.2) is 0 Å². The average molecular weight is 366 g/mol. The molecule has 5 nitrogen and oxygen atoms in total. The lowest BCUT2D eigenvalue weighted by Gasteiger charge is -2.07. The zero-order chi connectivity index (χ0) is 14.0. The maximum Gasteiger partial charge on any atom is 0.263 e. The normalized spacial score (nSPS) is 11.5. The molecule has 0 amide bonds. The lowest BCUT2D eigenvalue weighted by atomic mass is 10.3. The average Bonchev–Trinajstić information content (AvgIpc) is 2.83. The van der Waals surface area contributed by atoms with Crippen molar-refractivity contribution >= 4 is 43.2 Å². The Morgan fingerprint density at radius 2 is 2.11 bits per heavy atom. The van der Waals surface area contributed by atoms with Gasteiger partial charge in [-0.1, -0.05) is 11.6 Å². The first-order valence-corrected chi connectivity index (χ1v) is 7.84. The van der Waals surface area contributed by atoms with Gasteiger partial charge in [-0.15, -0.1) is 0 Å². The molecule has 8 heteroatoms. The molecule has 0 unspecified atom stereocenters. The Labute approximate surface area is 123 Å². The van der Waals surface area contributed by atoms with Crippen molar-refractivity contribution in [2.75, 3.05) is 4.72 Å². The molecule has 0 saturated carbocycles. The van der Waals surface area contributed by atoms with Crippen LogP contribution in [0.2, 0.25) is 5.02 Å². The van der Waals surface area contributed by atoms with E-state index in [-0.39, 0.29) is 11.5 Å². The summed E-state index contributed by atoms with van der Waals surface area (Å²) in [5, 5.41) is 9.31. The molecule has 102 valence electrons. The summed E-state index contributed by atoms with van der Waals surface area (Å²) in [7, 11) is -3.70. The number of benzene rings is 1. The highest BCUT2D eigenvalue weighted by Gasteiger charge is 2.16. The fourth-order valence-corrected chi connectivity index (χ4v) is 2.93. The Bertz CT molecular complexity index is 700. The summed E-state index contributed by atoms with van der Waals surface area (Å²) in [4.78, 5) is 2.72. The lowest BCUT2D eigenvalue weighted by Crippen LogP contribution is -2.12. The summed E-state index contributed by atoms with van der Waals surface area (Å²) < 4.78 is 27.2. The van der Waals surface area contributed by atoms with Gasteiger partial charge in [-0.05, 0) is 40.2 Å². The van der Waals surface area contributed by atoms with Gasteiger partial charge in [0, 0.05) is 16.4 Å². The number of anilines is 1. The van der Waals surface area contributed by atoms with Crippen molar-refractivity contribution in [3.8, 4) is 0 Å². The molecular formula is C11H10BrClN2O3S. The molecule has 0 aliphatic carbocycles. The second-order valence-corrected chi connectivity index (χ2v) is 6.70. The summed E-state index contributed by atoms with van der Waals surface area (Å²) >= 11 is 9.12. The molecule has 2 aromatic rings. The minimum Gasteiger partial charge on any atom is -0.390 e. The van der Waals surface area contributed by atoms with E-state index < -0.39 is 10.0 Å². The van der Waals surface area contributed by atoms with E-state index in [1.165, 1.54) is 18.3 Å². The molecule has 0 bridgehead atoms. The third kappa shape index (κ3) is 3.30. The summed E-state index contributed by atoms with van der Waals surface area (Å²) in [6.07, 6.45) is 1.31. The van der Waals surface area contributed by atoms with Crippen LogP contribution >= 0.6 is 27.5 Å². The van der Waals surface area contributed by atoms with Crippen LogP contribution in [0.1, 0.15) is 5.69 Å². The van der Waals surface area contributed by atoms with Crippen molar-refractivity contribution in [2.45, 2.75) is 11.5 Å². The third-order valence-corrected chi connectivity index (χ3v) is 4.96. The summed E-state index contributed by atoms with van der Waals surface area (Å²) in [5.41, 5.74) is 0.786. The van der Waals surface area contributed by atoms with Crippen LogP contribution in [0.5, 0.6) is 0 Å². The first-order valence-electron chi connectivity index (χ1n) is 5.18. The molecule has 0 saturated heterocycles. The predicted octanol–water partition coefficient (Wildman–Crippen LogP) is 2.72. The van der Waals surface area contributed by atoms with Crippen LogP contribution in [0.15, 0.2) is 39.8 Å². The van der Waals surface area contributed by atoms with Crippen LogP contribution in [0.25, 0.3) is 0 Å². The van der Waals surface area contributed by atoms with Crippen molar-refractivity contribution in [3.63, 3.8) is 0 Å². The molecular weight excluding hydrogens is 356 g/mol. The number of aromatic amines is 1. The summed E-state index contributed by atoms with van der Waals surface area (Å²) in [6, 6.07) is 6.11. The SMILES string of the molecule is O=S(=O)(Nc1ccc(Br)c(Cl)c1)c1c[nH]c(CO)c1. The highest BCUT2D eigenvalue weighted by molar-refractivity contribution is 9.10. The third-order valence-electron chi connectivity index (χ3n) is 2.37. The Balaban J connectivity index is 2.28. The van der Waals surface area contributed by atoms with Crippen molar-refractivity contribution in [1.29, 1.82) is 0 Å². The van der Waals surface area contributed by atoms with E-state index in [4.69, 9.17) is 16.7 Å². The molecule has 2 rings (SSSR count). The Hall–Kier alpha value is -1.02. The van der Waals surface area contributed by atoms with Crippen LogP contribution in [-0.4, -0.2) is 18.5 Å². The van der Waals surface area contributed by atoms with Crippen molar-refractivity contribution in [1.82, 2.24) is 4.98 Å². The van der Waals surface area contributed by atoms with Crippen molar-refractivity contribution < 1.29 is 13.5 Å². The molecule has 0 fully saturated rings. The summed E-state index contributed by atoms with van der Waals surface area (Å²) in [5.74, 6) is 0. The van der Waals surface area contributed by atoms with Gasteiger partial charge in [0.25, 0.3) is 10.0 Å². The smallest absolute Gasteiger partial charge is 0.263 e. The van der Waals surface area contributed by atoms with Crippen LogP contribution in [0, 0.1) is 0 Å².